The Kier molecular flexibility index (Phi) is 8.57. The molecule has 210 valence electrons. The van der Waals surface area contributed by atoms with Crippen molar-refractivity contribution in [2.45, 2.75) is 48.8 Å². The summed E-state index contributed by atoms with van der Waals surface area (Å²) in [5.74, 6) is -0.905. The Morgan fingerprint density at radius 2 is 1.74 bits per heavy atom. The summed E-state index contributed by atoms with van der Waals surface area (Å²) in [5, 5.41) is 9.18. The van der Waals surface area contributed by atoms with E-state index < -0.39 is 26.5 Å². The smallest absolute Gasteiger partial charge is 0.331 e. The Balaban J connectivity index is 1.38. The molecule has 0 bridgehead atoms. The SMILES string of the molecule is CC(C)[C@H]1C(=O)N(CCCOc2ccc(S(=O)(=O)C3(C(=O)NO)CCOCC3)cc2)C(=O)N1c1ccccc1. The highest BCUT2D eigenvalue weighted by atomic mass is 32.2. The summed E-state index contributed by atoms with van der Waals surface area (Å²) in [5.41, 5.74) is 2.16. The minimum atomic E-state index is -4.13. The number of hydrogen-bond acceptors (Lipinski definition) is 8. The third-order valence-corrected chi connectivity index (χ3v) is 9.67. The van der Waals surface area contributed by atoms with Gasteiger partial charge in [0.15, 0.2) is 14.6 Å². The van der Waals surface area contributed by atoms with Crippen molar-refractivity contribution < 1.29 is 37.5 Å². The number of urea groups is 1. The normalized spacial score (nSPS) is 19.4. The summed E-state index contributed by atoms with van der Waals surface area (Å²) in [6.45, 7) is 4.34. The Labute approximate surface area is 227 Å². The number of benzene rings is 2. The molecule has 12 heteroatoms. The van der Waals surface area contributed by atoms with E-state index in [1.807, 2.05) is 32.0 Å². The average molecular weight is 560 g/mol. The Bertz CT molecular complexity index is 1290. The van der Waals surface area contributed by atoms with Crippen LogP contribution in [0.25, 0.3) is 0 Å². The summed E-state index contributed by atoms with van der Waals surface area (Å²) in [4.78, 5) is 41.3. The second-order valence-corrected chi connectivity index (χ2v) is 12.2. The Morgan fingerprint density at radius 1 is 1.10 bits per heavy atom. The molecular formula is C27H33N3O8S. The van der Waals surface area contributed by atoms with Gasteiger partial charge in [-0.3, -0.25) is 24.6 Å². The van der Waals surface area contributed by atoms with Crippen LogP contribution in [0.4, 0.5) is 10.5 Å². The summed E-state index contributed by atoms with van der Waals surface area (Å²) in [7, 11) is -4.13. The van der Waals surface area contributed by atoms with Crippen molar-refractivity contribution in [3.8, 4) is 5.75 Å². The molecule has 2 aliphatic rings. The molecular weight excluding hydrogens is 526 g/mol. The van der Waals surface area contributed by atoms with Crippen molar-refractivity contribution in [1.82, 2.24) is 10.4 Å². The molecule has 2 aromatic rings. The third kappa shape index (κ3) is 5.36. The van der Waals surface area contributed by atoms with Gasteiger partial charge in [0, 0.05) is 25.4 Å². The van der Waals surface area contributed by atoms with Crippen LogP contribution in [0, 0.1) is 5.92 Å². The predicted octanol–water partition coefficient (Wildman–Crippen LogP) is 2.78. The molecule has 4 rings (SSSR count). The van der Waals surface area contributed by atoms with Gasteiger partial charge in [0.2, 0.25) is 0 Å². The van der Waals surface area contributed by atoms with Gasteiger partial charge in [-0.1, -0.05) is 32.0 Å². The lowest BCUT2D eigenvalue weighted by atomic mass is 9.98. The number of carbonyl (C=O) groups excluding carboxylic acids is 3. The fourth-order valence-electron chi connectivity index (χ4n) is 5.04. The van der Waals surface area contributed by atoms with Crippen LogP contribution in [-0.4, -0.2) is 73.5 Å². The monoisotopic (exact) mass is 559 g/mol. The maximum absolute atomic E-state index is 13.4. The van der Waals surface area contributed by atoms with Gasteiger partial charge in [0.25, 0.3) is 11.8 Å². The van der Waals surface area contributed by atoms with Crippen LogP contribution in [0.3, 0.4) is 0 Å². The molecule has 2 N–H and O–H groups in total. The van der Waals surface area contributed by atoms with E-state index in [1.165, 1.54) is 39.5 Å². The van der Waals surface area contributed by atoms with Crippen molar-refractivity contribution in [2.24, 2.45) is 5.92 Å². The zero-order valence-electron chi connectivity index (χ0n) is 21.9. The van der Waals surface area contributed by atoms with Gasteiger partial charge >= 0.3 is 6.03 Å². The molecule has 0 aromatic heterocycles. The maximum atomic E-state index is 13.4. The molecule has 2 heterocycles. The number of hydrogen-bond donors (Lipinski definition) is 2. The van der Waals surface area contributed by atoms with Crippen LogP contribution in [0.2, 0.25) is 0 Å². The Hall–Kier alpha value is -3.48. The molecule has 1 atom stereocenters. The molecule has 2 saturated heterocycles. The number of nitrogens with zero attached hydrogens (tertiary/aromatic N) is 2. The minimum absolute atomic E-state index is 0.0681. The first-order valence-corrected chi connectivity index (χ1v) is 14.3. The van der Waals surface area contributed by atoms with E-state index >= 15 is 0 Å². The number of hydroxylamine groups is 1. The van der Waals surface area contributed by atoms with E-state index in [9.17, 15) is 28.0 Å². The Morgan fingerprint density at radius 3 is 2.33 bits per heavy atom. The van der Waals surface area contributed by atoms with Gasteiger partial charge in [-0.2, -0.15) is 0 Å². The van der Waals surface area contributed by atoms with Crippen molar-refractivity contribution in [2.75, 3.05) is 31.3 Å². The zero-order valence-corrected chi connectivity index (χ0v) is 22.7. The predicted molar refractivity (Wildman–Crippen MR) is 141 cm³/mol. The number of carbonyl (C=O) groups is 3. The highest BCUT2D eigenvalue weighted by molar-refractivity contribution is 7.93. The van der Waals surface area contributed by atoms with Crippen LogP contribution in [0.15, 0.2) is 59.5 Å². The fourth-order valence-corrected chi connectivity index (χ4v) is 6.98. The molecule has 0 aliphatic carbocycles. The maximum Gasteiger partial charge on any atom is 0.331 e. The summed E-state index contributed by atoms with van der Waals surface area (Å²) >= 11 is 0. The fraction of sp³-hybridized carbons (Fsp3) is 0.444. The highest BCUT2D eigenvalue weighted by Crippen LogP contribution is 2.36. The molecule has 0 saturated carbocycles. The molecule has 39 heavy (non-hydrogen) atoms. The van der Waals surface area contributed by atoms with Crippen molar-refractivity contribution in [3.05, 3.63) is 54.6 Å². The summed E-state index contributed by atoms with van der Waals surface area (Å²) in [6, 6.07) is 13.8. The van der Waals surface area contributed by atoms with E-state index in [4.69, 9.17) is 9.47 Å². The summed E-state index contributed by atoms with van der Waals surface area (Å²) < 4.78 is 35.8. The van der Waals surface area contributed by atoms with Gasteiger partial charge in [-0.05, 0) is 61.6 Å². The highest BCUT2D eigenvalue weighted by Gasteiger charge is 2.52. The standard InChI is InChI=1S/C27H33N3O8S/c1-19(2)23-24(31)29(26(33)30(23)20-7-4-3-5-8-20)15-6-16-38-21-9-11-22(12-10-21)39(35,36)27(25(32)28-34)13-17-37-18-14-27/h3-5,7-12,19,23,34H,6,13-18H2,1-2H3,(H,28,32)/t23-/m0/s1. The number of anilines is 1. The topological polar surface area (TPSA) is 143 Å². The summed E-state index contributed by atoms with van der Waals surface area (Å²) in [6.07, 6.45) is 0.228. The van der Waals surface area contributed by atoms with E-state index in [0.717, 1.165) is 0 Å². The molecule has 2 fully saturated rings. The molecule has 2 aliphatic heterocycles. The van der Waals surface area contributed by atoms with Gasteiger partial charge in [0.05, 0.1) is 11.5 Å². The zero-order chi connectivity index (χ0) is 28.2. The number of rotatable bonds is 10. The second kappa shape index (κ2) is 11.7. The number of ether oxygens (including phenoxy) is 2. The van der Waals surface area contributed by atoms with Gasteiger partial charge in [-0.15, -0.1) is 0 Å². The lowest BCUT2D eigenvalue weighted by molar-refractivity contribution is -0.134. The molecule has 2 aromatic carbocycles. The lowest BCUT2D eigenvalue weighted by Crippen LogP contribution is -2.54. The van der Waals surface area contributed by atoms with Crippen molar-refractivity contribution in [1.29, 1.82) is 0 Å². The largest absolute Gasteiger partial charge is 0.494 e. The number of para-hydroxylation sites is 1. The van der Waals surface area contributed by atoms with Crippen molar-refractivity contribution in [3.63, 3.8) is 0 Å². The van der Waals surface area contributed by atoms with Gasteiger partial charge in [0.1, 0.15) is 11.8 Å². The first kappa shape index (κ1) is 28.5. The number of imide groups is 1. The molecule has 0 spiro atoms. The van der Waals surface area contributed by atoms with Gasteiger partial charge < -0.3 is 9.47 Å². The van der Waals surface area contributed by atoms with Crippen LogP contribution >= 0.6 is 0 Å². The van der Waals surface area contributed by atoms with E-state index in [0.29, 0.717) is 17.9 Å². The molecule has 11 nitrogen and oxygen atoms in total. The third-order valence-electron chi connectivity index (χ3n) is 7.16. The molecule has 0 unspecified atom stereocenters. The number of sulfone groups is 1. The van der Waals surface area contributed by atoms with E-state index in [-0.39, 0.29) is 62.0 Å². The number of amides is 4. The average Bonchev–Trinajstić information content (AvgIpc) is 3.20. The van der Waals surface area contributed by atoms with Crippen molar-refractivity contribution >= 4 is 33.4 Å². The van der Waals surface area contributed by atoms with E-state index in [2.05, 4.69) is 0 Å². The van der Waals surface area contributed by atoms with E-state index in [1.54, 1.807) is 12.1 Å². The quantitative estimate of drug-likeness (QED) is 0.196. The molecule has 4 amide bonds. The van der Waals surface area contributed by atoms with Gasteiger partial charge in [-0.25, -0.2) is 18.7 Å². The van der Waals surface area contributed by atoms with Crippen LogP contribution in [0.5, 0.6) is 5.75 Å². The molecule has 0 radical (unpaired) electrons. The first-order chi connectivity index (χ1) is 18.6. The number of nitrogens with one attached hydrogen (secondary N) is 1. The minimum Gasteiger partial charge on any atom is -0.494 e. The van der Waals surface area contributed by atoms with Crippen LogP contribution in [-0.2, 0) is 24.2 Å². The second-order valence-electron chi connectivity index (χ2n) is 9.89. The van der Waals surface area contributed by atoms with Crippen LogP contribution < -0.4 is 15.1 Å². The van der Waals surface area contributed by atoms with Crippen LogP contribution in [0.1, 0.15) is 33.1 Å². The lowest BCUT2D eigenvalue weighted by Gasteiger charge is -2.34. The first-order valence-electron chi connectivity index (χ1n) is 12.8.